The number of hydrogen-bond donors (Lipinski definition) is 1. The summed E-state index contributed by atoms with van der Waals surface area (Å²) in [4.78, 5) is 36.5. The second-order valence-electron chi connectivity index (χ2n) is 6.50. The first kappa shape index (κ1) is 20.8. The zero-order chi connectivity index (χ0) is 20.1. The number of aromatic nitrogens is 1. The van der Waals surface area contributed by atoms with Gasteiger partial charge < -0.3 is 15.0 Å². The van der Waals surface area contributed by atoms with Crippen molar-refractivity contribution in [3.8, 4) is 0 Å². The minimum atomic E-state index is -0.603. The highest BCUT2D eigenvalue weighted by Gasteiger charge is 2.20. The number of primary amides is 1. The number of nitrogens with two attached hydrogens (primary N) is 1. The van der Waals surface area contributed by atoms with Gasteiger partial charge in [0.25, 0.3) is 0 Å². The fourth-order valence-electron chi connectivity index (χ4n) is 3.05. The number of Topliss-reactive ketones (excluding diaryl/α,β-unsaturated/α-hetero) is 1. The van der Waals surface area contributed by atoms with Crippen molar-refractivity contribution in [3.05, 3.63) is 52.8 Å². The lowest BCUT2D eigenvalue weighted by Gasteiger charge is -2.13. The van der Waals surface area contributed by atoms with E-state index in [1.54, 1.807) is 24.3 Å². The third-order valence-corrected chi connectivity index (χ3v) is 5.21. The minimum Gasteiger partial charge on any atom is -0.454 e. The SMILES string of the molecule is Cc1cc(C(=O)COC(=O)c2ccccc2SCC(N)=O)c(C)n1C(C)C. The van der Waals surface area contributed by atoms with E-state index in [-0.39, 0.29) is 24.2 Å². The second kappa shape index (κ2) is 8.90. The monoisotopic (exact) mass is 388 g/mol. The van der Waals surface area contributed by atoms with E-state index in [1.807, 2.05) is 19.9 Å². The van der Waals surface area contributed by atoms with Crippen molar-refractivity contribution in [3.63, 3.8) is 0 Å². The molecule has 0 bridgehead atoms. The van der Waals surface area contributed by atoms with Crippen LogP contribution in [-0.2, 0) is 9.53 Å². The molecule has 7 heteroatoms. The van der Waals surface area contributed by atoms with Crippen molar-refractivity contribution in [2.45, 2.75) is 38.6 Å². The number of thioether (sulfide) groups is 1. The maximum absolute atomic E-state index is 12.5. The van der Waals surface area contributed by atoms with Crippen LogP contribution in [0.2, 0.25) is 0 Å². The van der Waals surface area contributed by atoms with Gasteiger partial charge in [-0.05, 0) is 45.9 Å². The molecule has 27 heavy (non-hydrogen) atoms. The highest BCUT2D eigenvalue weighted by Crippen LogP contribution is 2.24. The predicted octanol–water partition coefficient (Wildman–Crippen LogP) is 3.30. The van der Waals surface area contributed by atoms with Gasteiger partial charge in [-0.1, -0.05) is 12.1 Å². The molecular formula is C20H24N2O4S. The lowest BCUT2D eigenvalue weighted by Crippen LogP contribution is -2.16. The van der Waals surface area contributed by atoms with Gasteiger partial charge in [-0.3, -0.25) is 9.59 Å². The molecule has 2 rings (SSSR count). The van der Waals surface area contributed by atoms with E-state index in [0.29, 0.717) is 16.0 Å². The van der Waals surface area contributed by atoms with Crippen LogP contribution in [0.3, 0.4) is 0 Å². The summed E-state index contributed by atoms with van der Waals surface area (Å²) in [5.41, 5.74) is 7.88. The molecule has 0 saturated carbocycles. The molecule has 2 N–H and O–H groups in total. The molecule has 144 valence electrons. The molecule has 0 spiro atoms. The highest BCUT2D eigenvalue weighted by atomic mass is 32.2. The van der Waals surface area contributed by atoms with Crippen LogP contribution in [0.15, 0.2) is 35.2 Å². The Morgan fingerprint density at radius 1 is 1.15 bits per heavy atom. The first-order valence-electron chi connectivity index (χ1n) is 8.61. The Morgan fingerprint density at radius 2 is 1.81 bits per heavy atom. The van der Waals surface area contributed by atoms with E-state index in [0.717, 1.165) is 23.1 Å². The Balaban J connectivity index is 2.09. The third kappa shape index (κ3) is 5.01. The van der Waals surface area contributed by atoms with E-state index >= 15 is 0 Å². The van der Waals surface area contributed by atoms with Gasteiger partial charge in [0.15, 0.2) is 6.61 Å². The Bertz CT molecular complexity index is 871. The molecule has 0 aliphatic heterocycles. The van der Waals surface area contributed by atoms with Crippen LogP contribution in [-0.4, -0.2) is 34.6 Å². The second-order valence-corrected chi connectivity index (χ2v) is 7.52. The number of esters is 1. The first-order chi connectivity index (χ1) is 12.7. The number of nitrogens with zero attached hydrogens (tertiary/aromatic N) is 1. The van der Waals surface area contributed by atoms with Crippen molar-refractivity contribution in [2.24, 2.45) is 5.73 Å². The predicted molar refractivity (Wildman–Crippen MR) is 105 cm³/mol. The van der Waals surface area contributed by atoms with Gasteiger partial charge in [0.05, 0.1) is 11.3 Å². The van der Waals surface area contributed by atoms with Gasteiger partial charge in [0, 0.05) is 27.9 Å². The summed E-state index contributed by atoms with van der Waals surface area (Å²) in [7, 11) is 0. The zero-order valence-electron chi connectivity index (χ0n) is 15.9. The molecular weight excluding hydrogens is 364 g/mol. The van der Waals surface area contributed by atoms with Gasteiger partial charge in [0.2, 0.25) is 11.7 Å². The van der Waals surface area contributed by atoms with Crippen LogP contribution >= 0.6 is 11.8 Å². The number of aryl methyl sites for hydroxylation is 1. The number of rotatable bonds is 8. The summed E-state index contributed by atoms with van der Waals surface area (Å²) in [6.45, 7) is 7.60. The Labute approximate surface area is 163 Å². The standard InChI is InChI=1S/C20H24N2O4S/c1-12(2)22-13(3)9-16(14(22)4)17(23)10-26-20(25)15-7-5-6-8-18(15)27-11-19(21)24/h5-9,12H,10-11H2,1-4H3,(H2,21,24). The van der Waals surface area contributed by atoms with Crippen LogP contribution in [0.5, 0.6) is 0 Å². The van der Waals surface area contributed by atoms with E-state index in [4.69, 9.17) is 10.5 Å². The van der Waals surface area contributed by atoms with E-state index in [2.05, 4.69) is 18.4 Å². The number of benzene rings is 1. The maximum Gasteiger partial charge on any atom is 0.339 e. The molecule has 0 aliphatic rings. The molecule has 1 amide bonds. The average Bonchev–Trinajstić information content (AvgIpc) is 2.92. The number of carbonyl (C=O) groups excluding carboxylic acids is 3. The topological polar surface area (TPSA) is 91.4 Å². The van der Waals surface area contributed by atoms with Gasteiger partial charge in [-0.25, -0.2) is 4.79 Å². The molecule has 0 atom stereocenters. The van der Waals surface area contributed by atoms with Crippen molar-refractivity contribution >= 4 is 29.4 Å². The molecule has 1 heterocycles. The van der Waals surface area contributed by atoms with Crippen LogP contribution in [0.4, 0.5) is 0 Å². The Kier molecular flexibility index (Phi) is 6.85. The highest BCUT2D eigenvalue weighted by molar-refractivity contribution is 8.00. The number of ether oxygens (including phenoxy) is 1. The molecule has 1 aromatic heterocycles. The summed E-state index contributed by atoms with van der Waals surface area (Å²) < 4.78 is 7.30. The van der Waals surface area contributed by atoms with E-state index in [9.17, 15) is 14.4 Å². The Morgan fingerprint density at radius 3 is 2.41 bits per heavy atom. The minimum absolute atomic E-state index is 0.0599. The summed E-state index contributed by atoms with van der Waals surface area (Å²) in [6.07, 6.45) is 0. The van der Waals surface area contributed by atoms with Gasteiger partial charge >= 0.3 is 5.97 Å². The summed E-state index contributed by atoms with van der Waals surface area (Å²) in [5, 5.41) is 0. The van der Waals surface area contributed by atoms with Gasteiger partial charge in [0.1, 0.15) is 0 Å². The van der Waals surface area contributed by atoms with Crippen LogP contribution < -0.4 is 5.73 Å². The summed E-state index contributed by atoms with van der Waals surface area (Å²) >= 11 is 1.16. The lowest BCUT2D eigenvalue weighted by atomic mass is 10.1. The maximum atomic E-state index is 12.5. The third-order valence-electron chi connectivity index (χ3n) is 4.11. The first-order valence-corrected chi connectivity index (χ1v) is 9.59. The van der Waals surface area contributed by atoms with Crippen LogP contribution in [0.1, 0.15) is 52.0 Å². The number of amides is 1. The normalized spacial score (nSPS) is 10.9. The largest absolute Gasteiger partial charge is 0.454 e. The number of carbonyl (C=O) groups is 3. The van der Waals surface area contributed by atoms with E-state index in [1.165, 1.54) is 0 Å². The van der Waals surface area contributed by atoms with Gasteiger partial charge in [-0.2, -0.15) is 0 Å². The van der Waals surface area contributed by atoms with Crippen molar-refractivity contribution in [1.82, 2.24) is 4.57 Å². The quantitative estimate of drug-likeness (QED) is 0.426. The van der Waals surface area contributed by atoms with Crippen molar-refractivity contribution in [1.29, 1.82) is 0 Å². The molecule has 0 radical (unpaired) electrons. The fraction of sp³-hybridized carbons (Fsp3) is 0.350. The van der Waals surface area contributed by atoms with Crippen molar-refractivity contribution < 1.29 is 19.1 Å². The lowest BCUT2D eigenvalue weighted by molar-refractivity contribution is -0.115. The molecule has 2 aromatic rings. The molecule has 0 aliphatic carbocycles. The van der Waals surface area contributed by atoms with E-state index < -0.39 is 11.9 Å². The smallest absolute Gasteiger partial charge is 0.339 e. The molecule has 0 unspecified atom stereocenters. The molecule has 0 fully saturated rings. The van der Waals surface area contributed by atoms with Crippen LogP contribution in [0, 0.1) is 13.8 Å². The Hall–Kier alpha value is -2.54. The number of hydrogen-bond acceptors (Lipinski definition) is 5. The molecule has 1 aromatic carbocycles. The zero-order valence-corrected chi connectivity index (χ0v) is 16.8. The number of ketones is 1. The average molecular weight is 388 g/mol. The fourth-order valence-corrected chi connectivity index (χ4v) is 3.83. The summed E-state index contributed by atoms with van der Waals surface area (Å²) in [6, 6.07) is 8.82. The van der Waals surface area contributed by atoms with Crippen LogP contribution in [0.25, 0.3) is 0 Å². The molecule has 0 saturated heterocycles. The van der Waals surface area contributed by atoms with Gasteiger partial charge in [-0.15, -0.1) is 11.8 Å². The van der Waals surface area contributed by atoms with Crippen molar-refractivity contribution in [2.75, 3.05) is 12.4 Å². The summed E-state index contributed by atoms with van der Waals surface area (Å²) in [5.74, 6) is -1.26. The molecule has 6 nitrogen and oxygen atoms in total.